The Morgan fingerprint density at radius 1 is 1.47 bits per heavy atom. The molecule has 1 heterocycles. The Kier molecular flexibility index (Phi) is 4.54. The van der Waals surface area contributed by atoms with E-state index in [0.29, 0.717) is 18.6 Å². The van der Waals surface area contributed by atoms with E-state index >= 15 is 0 Å². The Hall–Kier alpha value is -1.85. The molecular formula is C13H20N4O2. The lowest BCUT2D eigenvalue weighted by molar-refractivity contribution is 0.0527. The summed E-state index contributed by atoms with van der Waals surface area (Å²) in [6.07, 6.45) is 7.43. The van der Waals surface area contributed by atoms with Crippen LogP contribution in [0.25, 0.3) is 0 Å². The Morgan fingerprint density at radius 2 is 2.21 bits per heavy atom. The van der Waals surface area contributed by atoms with Gasteiger partial charge in [-0.1, -0.05) is 19.3 Å². The van der Waals surface area contributed by atoms with E-state index in [1.165, 1.54) is 25.5 Å². The van der Waals surface area contributed by atoms with Gasteiger partial charge in [0.25, 0.3) is 0 Å². The van der Waals surface area contributed by atoms with Gasteiger partial charge < -0.3 is 15.8 Å². The number of nitrogens with zero attached hydrogens (tertiary/aromatic N) is 2. The second kappa shape index (κ2) is 6.36. The maximum atomic E-state index is 11.6. The van der Waals surface area contributed by atoms with Gasteiger partial charge in [0.2, 0.25) is 5.95 Å². The van der Waals surface area contributed by atoms with Crippen molar-refractivity contribution in [2.24, 2.45) is 0 Å². The fraction of sp³-hybridized carbons (Fsp3) is 0.615. The van der Waals surface area contributed by atoms with E-state index in [2.05, 4.69) is 15.3 Å². The van der Waals surface area contributed by atoms with E-state index in [0.717, 1.165) is 12.8 Å². The molecule has 1 aliphatic rings. The molecule has 1 saturated carbocycles. The third-order valence-corrected chi connectivity index (χ3v) is 3.25. The topological polar surface area (TPSA) is 90.1 Å². The third kappa shape index (κ3) is 3.56. The molecule has 104 valence electrons. The molecule has 0 amide bonds. The van der Waals surface area contributed by atoms with Crippen LogP contribution in [-0.2, 0) is 4.74 Å². The van der Waals surface area contributed by atoms with Crippen molar-refractivity contribution in [2.75, 3.05) is 17.7 Å². The number of hydrogen-bond donors (Lipinski definition) is 2. The summed E-state index contributed by atoms with van der Waals surface area (Å²) in [7, 11) is 0. The molecule has 0 bridgehead atoms. The number of nitrogens with one attached hydrogen (secondary N) is 1. The fourth-order valence-electron chi connectivity index (χ4n) is 2.26. The zero-order valence-corrected chi connectivity index (χ0v) is 11.2. The van der Waals surface area contributed by atoms with E-state index in [1.54, 1.807) is 6.92 Å². The molecule has 1 aromatic heterocycles. The quantitative estimate of drug-likeness (QED) is 0.808. The van der Waals surface area contributed by atoms with Crippen molar-refractivity contribution in [1.29, 1.82) is 0 Å². The highest BCUT2D eigenvalue weighted by molar-refractivity contribution is 5.93. The number of nitrogens with two attached hydrogens (primary N) is 1. The molecular weight excluding hydrogens is 244 g/mol. The van der Waals surface area contributed by atoms with Gasteiger partial charge in [-0.25, -0.2) is 9.78 Å². The summed E-state index contributed by atoms with van der Waals surface area (Å²) in [5.74, 6) is 0.161. The van der Waals surface area contributed by atoms with Crippen molar-refractivity contribution >= 4 is 17.7 Å². The zero-order valence-electron chi connectivity index (χ0n) is 11.2. The second-order valence-electron chi connectivity index (χ2n) is 4.69. The predicted octanol–water partition coefficient (Wildman–Crippen LogP) is 1.98. The average molecular weight is 264 g/mol. The van der Waals surface area contributed by atoms with Crippen LogP contribution in [0.3, 0.4) is 0 Å². The largest absolute Gasteiger partial charge is 0.462 e. The van der Waals surface area contributed by atoms with E-state index in [-0.39, 0.29) is 11.4 Å². The summed E-state index contributed by atoms with van der Waals surface area (Å²) in [6, 6.07) is 0.404. The van der Waals surface area contributed by atoms with Crippen LogP contribution in [0, 0.1) is 0 Å². The third-order valence-electron chi connectivity index (χ3n) is 3.25. The minimum Gasteiger partial charge on any atom is -0.462 e. The second-order valence-corrected chi connectivity index (χ2v) is 4.69. The molecule has 1 fully saturated rings. The van der Waals surface area contributed by atoms with E-state index in [1.807, 2.05) is 0 Å². The normalized spacial score (nSPS) is 16.1. The van der Waals surface area contributed by atoms with Crippen LogP contribution in [-0.4, -0.2) is 28.6 Å². The molecule has 2 rings (SSSR count). The Bertz CT molecular complexity index is 444. The van der Waals surface area contributed by atoms with E-state index < -0.39 is 5.97 Å². The summed E-state index contributed by atoms with van der Waals surface area (Å²) < 4.78 is 4.88. The summed E-state index contributed by atoms with van der Waals surface area (Å²) in [5.41, 5.74) is 5.98. The Labute approximate surface area is 112 Å². The molecule has 0 unspecified atom stereocenters. The van der Waals surface area contributed by atoms with Crippen molar-refractivity contribution in [2.45, 2.75) is 45.1 Å². The summed E-state index contributed by atoms with van der Waals surface area (Å²) in [4.78, 5) is 19.8. The van der Waals surface area contributed by atoms with Crippen LogP contribution >= 0.6 is 0 Å². The van der Waals surface area contributed by atoms with Crippen LogP contribution in [0.5, 0.6) is 0 Å². The van der Waals surface area contributed by atoms with Gasteiger partial charge in [-0.05, 0) is 19.8 Å². The monoisotopic (exact) mass is 264 g/mol. The molecule has 0 aliphatic heterocycles. The Balaban J connectivity index is 2.03. The molecule has 6 nitrogen and oxygen atoms in total. The predicted molar refractivity (Wildman–Crippen MR) is 72.9 cm³/mol. The van der Waals surface area contributed by atoms with Crippen molar-refractivity contribution < 1.29 is 9.53 Å². The van der Waals surface area contributed by atoms with E-state index in [9.17, 15) is 4.79 Å². The first-order chi connectivity index (χ1) is 9.20. The van der Waals surface area contributed by atoms with Crippen LogP contribution in [0.2, 0.25) is 0 Å². The minimum atomic E-state index is -0.482. The number of aromatic nitrogens is 2. The number of rotatable bonds is 4. The Morgan fingerprint density at radius 3 is 2.84 bits per heavy atom. The first-order valence-corrected chi connectivity index (χ1v) is 6.77. The zero-order chi connectivity index (χ0) is 13.7. The number of hydrogen-bond acceptors (Lipinski definition) is 6. The SMILES string of the molecule is CCOC(=O)c1cnc(NC2CCCCC2)nc1N. The molecule has 0 radical (unpaired) electrons. The molecule has 3 N–H and O–H groups in total. The number of ether oxygens (including phenoxy) is 1. The average Bonchev–Trinajstić information content (AvgIpc) is 2.40. The molecule has 19 heavy (non-hydrogen) atoms. The molecule has 0 saturated heterocycles. The first-order valence-electron chi connectivity index (χ1n) is 6.77. The maximum Gasteiger partial charge on any atom is 0.343 e. The number of nitrogen functional groups attached to an aromatic ring is 1. The van der Waals surface area contributed by atoms with Crippen molar-refractivity contribution in [1.82, 2.24) is 9.97 Å². The van der Waals surface area contributed by atoms with Crippen molar-refractivity contribution in [3.05, 3.63) is 11.8 Å². The van der Waals surface area contributed by atoms with Crippen LogP contribution < -0.4 is 11.1 Å². The molecule has 0 atom stereocenters. The molecule has 6 heteroatoms. The maximum absolute atomic E-state index is 11.6. The summed E-state index contributed by atoms with van der Waals surface area (Å²) >= 11 is 0. The minimum absolute atomic E-state index is 0.159. The highest BCUT2D eigenvalue weighted by Crippen LogP contribution is 2.21. The van der Waals surface area contributed by atoms with Crippen molar-refractivity contribution in [3.63, 3.8) is 0 Å². The van der Waals surface area contributed by atoms with Gasteiger partial charge in [-0.3, -0.25) is 0 Å². The van der Waals surface area contributed by atoms with Crippen LogP contribution in [0.4, 0.5) is 11.8 Å². The van der Waals surface area contributed by atoms with E-state index in [4.69, 9.17) is 10.5 Å². The van der Waals surface area contributed by atoms with Crippen molar-refractivity contribution in [3.8, 4) is 0 Å². The molecule has 1 aromatic rings. The molecule has 0 aromatic carbocycles. The van der Waals surface area contributed by atoms with Crippen LogP contribution in [0.1, 0.15) is 49.4 Å². The van der Waals surface area contributed by atoms with Gasteiger partial charge in [-0.2, -0.15) is 4.98 Å². The lowest BCUT2D eigenvalue weighted by Crippen LogP contribution is -2.24. The van der Waals surface area contributed by atoms with Gasteiger partial charge >= 0.3 is 5.97 Å². The first kappa shape index (κ1) is 13.6. The van der Waals surface area contributed by atoms with Gasteiger partial charge in [-0.15, -0.1) is 0 Å². The van der Waals surface area contributed by atoms with Gasteiger partial charge in [0.15, 0.2) is 0 Å². The standard InChI is InChI=1S/C13H20N4O2/c1-2-19-12(18)10-8-15-13(17-11(10)14)16-9-6-4-3-5-7-9/h8-9H,2-7H2,1H3,(H3,14,15,16,17). The number of esters is 1. The van der Waals surface area contributed by atoms with Gasteiger partial charge in [0, 0.05) is 12.2 Å². The fourth-order valence-corrected chi connectivity index (χ4v) is 2.26. The molecule has 0 spiro atoms. The summed E-state index contributed by atoms with van der Waals surface area (Å²) in [5, 5.41) is 3.27. The highest BCUT2D eigenvalue weighted by atomic mass is 16.5. The number of anilines is 2. The highest BCUT2D eigenvalue weighted by Gasteiger charge is 2.17. The number of carbonyl (C=O) groups is 1. The lowest BCUT2D eigenvalue weighted by atomic mass is 9.96. The molecule has 1 aliphatic carbocycles. The summed E-state index contributed by atoms with van der Waals surface area (Å²) in [6.45, 7) is 2.05. The number of carbonyl (C=O) groups excluding carboxylic acids is 1. The van der Waals surface area contributed by atoms with Gasteiger partial charge in [0.1, 0.15) is 11.4 Å². The smallest absolute Gasteiger partial charge is 0.343 e. The van der Waals surface area contributed by atoms with Crippen LogP contribution in [0.15, 0.2) is 6.20 Å². The van der Waals surface area contributed by atoms with Gasteiger partial charge in [0.05, 0.1) is 6.61 Å². The lowest BCUT2D eigenvalue weighted by Gasteiger charge is -2.22.